The van der Waals surface area contributed by atoms with Crippen molar-refractivity contribution < 1.29 is 31.6 Å². The Labute approximate surface area is 109 Å². The molecule has 0 heterocycles. The number of benzene rings is 1. The summed E-state index contributed by atoms with van der Waals surface area (Å²) >= 11 is 0. The molecule has 0 saturated heterocycles. The number of halogens is 5. The van der Waals surface area contributed by atoms with Gasteiger partial charge in [0.2, 0.25) is 5.82 Å². The average Bonchev–Trinajstić information content (AvgIpc) is 2.25. The topological polar surface area (TPSA) is 64.4 Å². The highest BCUT2D eigenvalue weighted by Crippen LogP contribution is 2.28. The molecule has 0 unspecified atom stereocenters. The lowest BCUT2D eigenvalue weighted by molar-refractivity contribution is -0.386. The molecule has 1 N–H and O–H groups in total. The first-order chi connectivity index (χ1) is 9.20. The van der Waals surface area contributed by atoms with E-state index in [-0.39, 0.29) is 6.54 Å². The second-order valence-corrected chi connectivity index (χ2v) is 3.64. The Morgan fingerprint density at radius 1 is 1.30 bits per heavy atom. The summed E-state index contributed by atoms with van der Waals surface area (Å²) in [7, 11) is 0. The molecule has 20 heavy (non-hydrogen) atoms. The number of alkyl halides is 3. The third-order valence-corrected chi connectivity index (χ3v) is 2.04. The van der Waals surface area contributed by atoms with Crippen molar-refractivity contribution in [3.63, 3.8) is 0 Å². The van der Waals surface area contributed by atoms with Gasteiger partial charge in [0.05, 0.1) is 11.5 Å². The summed E-state index contributed by atoms with van der Waals surface area (Å²) in [4.78, 5) is 9.54. The maximum Gasteiger partial charge on any atom is 0.411 e. The predicted molar refractivity (Wildman–Crippen MR) is 58.4 cm³/mol. The summed E-state index contributed by atoms with van der Waals surface area (Å²) in [6, 6.07) is 1.01. The number of nitrogens with zero attached hydrogens (tertiary/aromatic N) is 1. The summed E-state index contributed by atoms with van der Waals surface area (Å²) in [6.07, 6.45) is -4.49. The Morgan fingerprint density at radius 2 is 1.95 bits per heavy atom. The molecule has 10 heteroatoms. The highest BCUT2D eigenvalue weighted by atomic mass is 19.4. The van der Waals surface area contributed by atoms with Gasteiger partial charge in [-0.15, -0.1) is 0 Å². The minimum Gasteiger partial charge on any atom is -0.377 e. The zero-order valence-corrected chi connectivity index (χ0v) is 9.84. The monoisotopic (exact) mass is 300 g/mol. The van der Waals surface area contributed by atoms with Gasteiger partial charge in [-0.25, -0.2) is 4.39 Å². The van der Waals surface area contributed by atoms with Crippen LogP contribution < -0.4 is 5.32 Å². The standard InChI is InChI=1S/C10H9F5N2O3/c11-6-3-7(12)9(17(18)19)8(4-6)16-1-2-20-5-10(13,14)15/h3-4,16H,1-2,5H2. The number of ether oxygens (including phenoxy) is 1. The van der Waals surface area contributed by atoms with Crippen molar-refractivity contribution in [2.45, 2.75) is 6.18 Å². The van der Waals surface area contributed by atoms with E-state index >= 15 is 0 Å². The van der Waals surface area contributed by atoms with E-state index in [9.17, 15) is 32.1 Å². The number of rotatable bonds is 6. The minimum absolute atomic E-state index is 0.278. The molecular weight excluding hydrogens is 291 g/mol. The molecule has 0 aliphatic rings. The predicted octanol–water partition coefficient (Wildman–Crippen LogP) is 2.86. The van der Waals surface area contributed by atoms with E-state index in [2.05, 4.69) is 10.1 Å². The molecule has 0 aliphatic carbocycles. The first-order valence-electron chi connectivity index (χ1n) is 5.22. The van der Waals surface area contributed by atoms with Gasteiger partial charge in [0.15, 0.2) is 0 Å². The maximum atomic E-state index is 13.2. The molecule has 0 radical (unpaired) electrons. The summed E-state index contributed by atoms with van der Waals surface area (Å²) in [5, 5.41) is 12.8. The summed E-state index contributed by atoms with van der Waals surface area (Å²) in [5.41, 5.74) is -1.45. The van der Waals surface area contributed by atoms with Crippen molar-refractivity contribution in [2.75, 3.05) is 25.1 Å². The van der Waals surface area contributed by atoms with Gasteiger partial charge >= 0.3 is 11.9 Å². The van der Waals surface area contributed by atoms with E-state index in [1.807, 2.05) is 0 Å². The molecule has 0 aliphatic heterocycles. The lowest BCUT2D eigenvalue weighted by Gasteiger charge is -2.10. The van der Waals surface area contributed by atoms with Gasteiger partial charge in [0, 0.05) is 18.7 Å². The van der Waals surface area contributed by atoms with Crippen molar-refractivity contribution in [1.82, 2.24) is 0 Å². The van der Waals surface area contributed by atoms with Crippen LogP contribution in [-0.2, 0) is 4.74 Å². The van der Waals surface area contributed by atoms with E-state index in [0.29, 0.717) is 12.1 Å². The van der Waals surface area contributed by atoms with Crippen molar-refractivity contribution in [3.05, 3.63) is 33.9 Å². The molecule has 0 spiro atoms. The van der Waals surface area contributed by atoms with Gasteiger partial charge < -0.3 is 10.1 Å². The van der Waals surface area contributed by atoms with Crippen molar-refractivity contribution in [2.24, 2.45) is 0 Å². The zero-order chi connectivity index (χ0) is 15.3. The van der Waals surface area contributed by atoms with Crippen LogP contribution in [0.1, 0.15) is 0 Å². The highest BCUT2D eigenvalue weighted by molar-refractivity contribution is 5.62. The molecule has 0 saturated carbocycles. The lowest BCUT2D eigenvalue weighted by atomic mass is 10.2. The second-order valence-electron chi connectivity index (χ2n) is 3.64. The van der Waals surface area contributed by atoms with Gasteiger partial charge in [0.25, 0.3) is 0 Å². The Kier molecular flexibility index (Phi) is 5.19. The molecule has 0 aromatic heterocycles. The van der Waals surface area contributed by atoms with Crippen molar-refractivity contribution in [1.29, 1.82) is 0 Å². The van der Waals surface area contributed by atoms with Gasteiger partial charge in [-0.3, -0.25) is 10.1 Å². The Morgan fingerprint density at radius 3 is 2.50 bits per heavy atom. The average molecular weight is 300 g/mol. The van der Waals surface area contributed by atoms with Gasteiger partial charge in [-0.1, -0.05) is 0 Å². The van der Waals surface area contributed by atoms with E-state index in [0.717, 1.165) is 0 Å². The summed E-state index contributed by atoms with van der Waals surface area (Å²) < 4.78 is 65.6. The molecule has 1 rings (SSSR count). The summed E-state index contributed by atoms with van der Waals surface area (Å²) in [6.45, 7) is -2.19. The highest BCUT2D eigenvalue weighted by Gasteiger charge is 2.27. The number of nitrogens with one attached hydrogen (secondary N) is 1. The first kappa shape index (κ1) is 16.1. The van der Waals surface area contributed by atoms with Crippen LogP contribution in [0.15, 0.2) is 12.1 Å². The van der Waals surface area contributed by atoms with Gasteiger partial charge in [-0.2, -0.15) is 17.6 Å². The molecule has 1 aromatic carbocycles. The van der Waals surface area contributed by atoms with Crippen molar-refractivity contribution >= 4 is 11.4 Å². The fraction of sp³-hybridized carbons (Fsp3) is 0.400. The lowest BCUT2D eigenvalue weighted by Crippen LogP contribution is -2.20. The molecular formula is C10H9F5N2O3. The van der Waals surface area contributed by atoms with E-state index in [1.165, 1.54) is 0 Å². The van der Waals surface area contributed by atoms with Crippen LogP contribution in [0.5, 0.6) is 0 Å². The number of hydrogen-bond donors (Lipinski definition) is 1. The van der Waals surface area contributed by atoms with Crippen LogP contribution in [-0.4, -0.2) is 30.9 Å². The fourth-order valence-electron chi connectivity index (χ4n) is 1.33. The quantitative estimate of drug-likeness (QED) is 0.380. The van der Waals surface area contributed by atoms with Crippen LogP contribution in [0.3, 0.4) is 0 Å². The Hall–Kier alpha value is -1.97. The third-order valence-electron chi connectivity index (χ3n) is 2.04. The second kappa shape index (κ2) is 6.46. The first-order valence-corrected chi connectivity index (χ1v) is 5.22. The van der Waals surface area contributed by atoms with Gasteiger partial charge in [-0.05, 0) is 0 Å². The normalized spacial score (nSPS) is 11.4. The Bertz CT molecular complexity index is 493. The van der Waals surface area contributed by atoms with Gasteiger partial charge in [0.1, 0.15) is 18.1 Å². The number of nitro groups is 1. The van der Waals surface area contributed by atoms with Crippen LogP contribution in [0, 0.1) is 21.7 Å². The molecule has 1 aromatic rings. The molecule has 0 amide bonds. The number of nitro benzene ring substituents is 1. The van der Waals surface area contributed by atoms with Crippen LogP contribution >= 0.6 is 0 Å². The summed E-state index contributed by atoms with van der Waals surface area (Å²) in [5.74, 6) is -2.43. The fourth-order valence-corrected chi connectivity index (χ4v) is 1.33. The molecule has 112 valence electrons. The third kappa shape index (κ3) is 4.96. The smallest absolute Gasteiger partial charge is 0.377 e. The molecule has 5 nitrogen and oxygen atoms in total. The SMILES string of the molecule is O=[N+]([O-])c1c(F)cc(F)cc1NCCOCC(F)(F)F. The number of hydrogen-bond acceptors (Lipinski definition) is 4. The largest absolute Gasteiger partial charge is 0.411 e. The minimum atomic E-state index is -4.49. The van der Waals surface area contributed by atoms with Crippen LogP contribution in [0.2, 0.25) is 0 Å². The zero-order valence-electron chi connectivity index (χ0n) is 9.84. The molecule has 0 atom stereocenters. The molecule has 0 bridgehead atoms. The Balaban J connectivity index is 2.62. The van der Waals surface area contributed by atoms with E-state index in [1.54, 1.807) is 0 Å². The molecule has 0 fully saturated rings. The van der Waals surface area contributed by atoms with Crippen LogP contribution in [0.4, 0.5) is 33.3 Å². The number of anilines is 1. The van der Waals surface area contributed by atoms with E-state index in [4.69, 9.17) is 0 Å². The van der Waals surface area contributed by atoms with Crippen LogP contribution in [0.25, 0.3) is 0 Å². The van der Waals surface area contributed by atoms with Crippen molar-refractivity contribution in [3.8, 4) is 0 Å². The van der Waals surface area contributed by atoms with E-state index < -0.39 is 47.3 Å². The maximum absolute atomic E-state index is 13.2.